The van der Waals surface area contributed by atoms with Crippen LogP contribution in [-0.2, 0) is 11.3 Å². The summed E-state index contributed by atoms with van der Waals surface area (Å²) in [7, 11) is 2.10. The van der Waals surface area contributed by atoms with Crippen molar-refractivity contribution in [1.82, 2.24) is 15.2 Å². The standard InChI is InChI=1S/C25H37BrN4O2/c1-6-7-23(30(5)20-10-8-19(27)9-11-20)18(4)21(12-13-26)24(31)28-15-22-16(2)14-17(3)29-25(22)32/h6,12,14,19-20H,1,7-11,13,15,27H2,2-5H3,(H,28,31)(H,29,32)/b21-12+,23-18+. The van der Waals surface area contributed by atoms with E-state index in [1.807, 2.05) is 39.0 Å². The minimum absolute atomic E-state index is 0.163. The Hall–Kier alpha value is -2.12. The molecule has 0 atom stereocenters. The van der Waals surface area contributed by atoms with E-state index in [1.54, 1.807) is 0 Å². The average molecular weight is 506 g/mol. The topological polar surface area (TPSA) is 91.2 Å². The van der Waals surface area contributed by atoms with E-state index >= 15 is 0 Å². The highest BCUT2D eigenvalue weighted by Crippen LogP contribution is 2.28. The predicted molar refractivity (Wildman–Crippen MR) is 136 cm³/mol. The molecule has 0 saturated heterocycles. The van der Waals surface area contributed by atoms with Crippen molar-refractivity contribution in [2.75, 3.05) is 12.4 Å². The first-order chi connectivity index (χ1) is 15.2. The van der Waals surface area contributed by atoms with Crippen LogP contribution in [0.2, 0.25) is 0 Å². The van der Waals surface area contributed by atoms with Crippen LogP contribution in [0.3, 0.4) is 0 Å². The summed E-state index contributed by atoms with van der Waals surface area (Å²) in [4.78, 5) is 30.6. The van der Waals surface area contributed by atoms with Gasteiger partial charge in [-0.05, 0) is 63.7 Å². The summed E-state index contributed by atoms with van der Waals surface area (Å²) < 4.78 is 0. The second-order valence-corrected chi connectivity index (χ2v) is 9.29. The third kappa shape index (κ3) is 6.69. The van der Waals surface area contributed by atoms with Gasteiger partial charge in [0.1, 0.15) is 0 Å². The number of allylic oxidation sites excluding steroid dienone is 2. The first kappa shape index (κ1) is 26.1. The summed E-state index contributed by atoms with van der Waals surface area (Å²) in [5.74, 6) is -0.193. The van der Waals surface area contributed by atoms with Crippen molar-refractivity contribution in [3.05, 3.63) is 68.8 Å². The van der Waals surface area contributed by atoms with Crippen molar-refractivity contribution >= 4 is 21.8 Å². The highest BCUT2D eigenvalue weighted by atomic mass is 79.9. The van der Waals surface area contributed by atoms with Crippen LogP contribution < -0.4 is 16.6 Å². The second-order valence-electron chi connectivity index (χ2n) is 8.64. The molecule has 0 radical (unpaired) electrons. The summed E-state index contributed by atoms with van der Waals surface area (Å²) in [5, 5.41) is 3.50. The van der Waals surface area contributed by atoms with Gasteiger partial charge in [-0.2, -0.15) is 0 Å². The van der Waals surface area contributed by atoms with E-state index in [2.05, 4.69) is 44.8 Å². The van der Waals surface area contributed by atoms with Crippen LogP contribution in [0.4, 0.5) is 0 Å². The van der Waals surface area contributed by atoms with Gasteiger partial charge in [-0.1, -0.05) is 28.1 Å². The normalized spacial score (nSPS) is 19.9. The molecule has 4 N–H and O–H groups in total. The lowest BCUT2D eigenvalue weighted by Crippen LogP contribution is -2.39. The number of aromatic amines is 1. The molecule has 1 amide bonds. The molecule has 1 heterocycles. The fourth-order valence-electron chi connectivity index (χ4n) is 4.42. The van der Waals surface area contributed by atoms with Gasteiger partial charge >= 0.3 is 0 Å². The van der Waals surface area contributed by atoms with E-state index in [0.717, 1.165) is 48.2 Å². The molecule has 0 spiro atoms. The Morgan fingerprint density at radius 1 is 1.34 bits per heavy atom. The summed E-state index contributed by atoms with van der Waals surface area (Å²) in [6, 6.07) is 2.61. The molecular weight excluding hydrogens is 468 g/mol. The predicted octanol–water partition coefficient (Wildman–Crippen LogP) is 3.98. The summed E-state index contributed by atoms with van der Waals surface area (Å²) in [6.45, 7) is 9.83. The third-order valence-corrected chi connectivity index (χ3v) is 6.66. The number of nitrogens with one attached hydrogen (secondary N) is 2. The molecule has 2 rings (SSSR count). The van der Waals surface area contributed by atoms with E-state index in [0.29, 0.717) is 28.9 Å². The molecule has 0 aromatic carbocycles. The third-order valence-electron chi connectivity index (χ3n) is 6.33. The molecule has 0 unspecified atom stereocenters. The van der Waals surface area contributed by atoms with Crippen molar-refractivity contribution < 1.29 is 4.79 Å². The van der Waals surface area contributed by atoms with E-state index in [9.17, 15) is 9.59 Å². The van der Waals surface area contributed by atoms with E-state index in [4.69, 9.17) is 5.73 Å². The highest BCUT2D eigenvalue weighted by molar-refractivity contribution is 9.09. The number of halogens is 1. The number of nitrogens with two attached hydrogens (primary N) is 1. The molecule has 1 saturated carbocycles. The Morgan fingerprint density at radius 3 is 2.56 bits per heavy atom. The van der Waals surface area contributed by atoms with Crippen LogP contribution in [0.1, 0.15) is 55.8 Å². The molecule has 7 heteroatoms. The van der Waals surface area contributed by atoms with Gasteiger partial charge in [-0.15, -0.1) is 6.58 Å². The lowest BCUT2D eigenvalue weighted by atomic mass is 9.90. The number of rotatable bonds is 9. The molecule has 1 aliphatic carbocycles. The monoisotopic (exact) mass is 504 g/mol. The van der Waals surface area contributed by atoms with Crippen molar-refractivity contribution in [3.8, 4) is 0 Å². The maximum atomic E-state index is 13.2. The van der Waals surface area contributed by atoms with Gasteiger partial charge in [0.15, 0.2) is 0 Å². The minimum atomic E-state index is -0.193. The first-order valence-corrected chi connectivity index (χ1v) is 12.3. The zero-order chi connectivity index (χ0) is 23.8. The molecule has 176 valence electrons. The molecule has 1 fully saturated rings. The highest BCUT2D eigenvalue weighted by Gasteiger charge is 2.25. The largest absolute Gasteiger partial charge is 0.374 e. The Labute approximate surface area is 200 Å². The number of carbonyl (C=O) groups excluding carboxylic acids is 1. The van der Waals surface area contributed by atoms with Crippen molar-refractivity contribution in [3.63, 3.8) is 0 Å². The van der Waals surface area contributed by atoms with Crippen LogP contribution in [0.15, 0.2) is 46.4 Å². The summed E-state index contributed by atoms with van der Waals surface area (Å²) in [6.07, 6.45) is 8.56. The van der Waals surface area contributed by atoms with Crippen LogP contribution in [0, 0.1) is 13.8 Å². The van der Waals surface area contributed by atoms with Crippen LogP contribution in [-0.4, -0.2) is 40.3 Å². The molecule has 1 aromatic heterocycles. The molecule has 0 bridgehead atoms. The first-order valence-electron chi connectivity index (χ1n) is 11.2. The maximum Gasteiger partial charge on any atom is 0.253 e. The maximum absolute atomic E-state index is 13.2. The van der Waals surface area contributed by atoms with Gasteiger partial charge in [-0.3, -0.25) is 9.59 Å². The SMILES string of the molecule is C=CC/C(=C(C)\C(=C/CBr)C(=O)NCc1c(C)cc(C)[nH]c1=O)N(C)C1CCC(N)CC1. The number of aryl methyl sites for hydroxylation is 2. The molecule has 32 heavy (non-hydrogen) atoms. The van der Waals surface area contributed by atoms with E-state index in [1.165, 1.54) is 0 Å². The Balaban J connectivity index is 2.28. The van der Waals surface area contributed by atoms with Crippen molar-refractivity contribution in [2.45, 2.75) is 71.5 Å². The molecule has 1 aromatic rings. The van der Waals surface area contributed by atoms with Crippen LogP contribution >= 0.6 is 15.9 Å². The number of aromatic nitrogens is 1. The van der Waals surface area contributed by atoms with Gasteiger partial charge < -0.3 is 20.9 Å². The van der Waals surface area contributed by atoms with Gasteiger partial charge in [-0.25, -0.2) is 0 Å². The van der Waals surface area contributed by atoms with Gasteiger partial charge in [0.2, 0.25) is 0 Å². The van der Waals surface area contributed by atoms with Crippen molar-refractivity contribution in [2.24, 2.45) is 5.73 Å². The fourth-order valence-corrected chi connectivity index (χ4v) is 4.75. The Bertz CT molecular complexity index is 940. The second kappa shape index (κ2) is 12.2. The average Bonchev–Trinajstić information content (AvgIpc) is 2.74. The van der Waals surface area contributed by atoms with Crippen molar-refractivity contribution in [1.29, 1.82) is 0 Å². The van der Waals surface area contributed by atoms with E-state index < -0.39 is 0 Å². The fraction of sp³-hybridized carbons (Fsp3) is 0.520. The lowest BCUT2D eigenvalue weighted by molar-refractivity contribution is -0.117. The van der Waals surface area contributed by atoms with E-state index in [-0.39, 0.29) is 24.1 Å². The number of amides is 1. The number of pyridine rings is 1. The molecule has 0 aliphatic heterocycles. The number of H-pyrrole nitrogens is 1. The number of hydrogen-bond donors (Lipinski definition) is 3. The number of carbonyl (C=O) groups is 1. The smallest absolute Gasteiger partial charge is 0.253 e. The minimum Gasteiger partial charge on any atom is -0.374 e. The molecular formula is C25H37BrN4O2. The summed E-state index contributed by atoms with van der Waals surface area (Å²) >= 11 is 3.44. The number of nitrogens with zero attached hydrogens (tertiary/aromatic N) is 1. The quantitative estimate of drug-likeness (QED) is 0.205. The van der Waals surface area contributed by atoms with Crippen LogP contribution in [0.5, 0.6) is 0 Å². The zero-order valence-electron chi connectivity index (χ0n) is 19.8. The molecule has 6 nitrogen and oxygen atoms in total. The van der Waals surface area contributed by atoms with Gasteiger partial charge in [0, 0.05) is 60.0 Å². The van der Waals surface area contributed by atoms with Gasteiger partial charge in [0.25, 0.3) is 11.5 Å². The van der Waals surface area contributed by atoms with Gasteiger partial charge in [0.05, 0.1) is 0 Å². The lowest BCUT2D eigenvalue weighted by Gasteiger charge is -2.37. The molecule has 1 aliphatic rings. The zero-order valence-corrected chi connectivity index (χ0v) is 21.3. The number of alkyl halides is 1. The Morgan fingerprint density at radius 2 is 2.00 bits per heavy atom. The van der Waals surface area contributed by atoms with Crippen LogP contribution in [0.25, 0.3) is 0 Å². The Kier molecular flexibility index (Phi) is 9.97. The summed E-state index contributed by atoms with van der Waals surface area (Å²) in [5.41, 5.74) is 10.8. The number of hydrogen-bond acceptors (Lipinski definition) is 4.